The van der Waals surface area contributed by atoms with Crippen LogP contribution in [0.15, 0.2) is 6.20 Å². The number of nitrogen functional groups attached to an aromatic ring is 1. The van der Waals surface area contributed by atoms with E-state index in [9.17, 15) is 0 Å². The van der Waals surface area contributed by atoms with Gasteiger partial charge in [0.15, 0.2) is 0 Å². The van der Waals surface area contributed by atoms with Crippen molar-refractivity contribution < 1.29 is 0 Å². The summed E-state index contributed by atoms with van der Waals surface area (Å²) in [7, 11) is 0. The van der Waals surface area contributed by atoms with Crippen molar-refractivity contribution in [3.05, 3.63) is 17.6 Å². The van der Waals surface area contributed by atoms with Crippen molar-refractivity contribution in [1.29, 1.82) is 0 Å². The molecule has 2 N–H and O–H groups in total. The van der Waals surface area contributed by atoms with Crippen LogP contribution in [0.2, 0.25) is 0 Å². The van der Waals surface area contributed by atoms with Crippen molar-refractivity contribution in [2.45, 2.75) is 26.7 Å². The molecule has 0 amide bonds. The van der Waals surface area contributed by atoms with E-state index in [4.69, 9.17) is 5.73 Å². The lowest BCUT2D eigenvalue weighted by molar-refractivity contribution is 0.255. The number of aromatic nitrogens is 2. The van der Waals surface area contributed by atoms with Crippen LogP contribution in [0.3, 0.4) is 0 Å². The molecule has 0 spiro atoms. The largest absolute Gasteiger partial charge is 0.382 e. The number of nitrogens with zero attached hydrogens (tertiary/aromatic N) is 3. The van der Waals surface area contributed by atoms with Gasteiger partial charge in [0.05, 0.1) is 17.6 Å². The number of hydrogen-bond acceptors (Lipinski definition) is 4. The summed E-state index contributed by atoms with van der Waals surface area (Å²) >= 11 is 0. The topological polar surface area (TPSA) is 55.0 Å². The monoisotopic (exact) mass is 292 g/mol. The Morgan fingerprint density at radius 1 is 1.22 bits per heavy atom. The van der Waals surface area contributed by atoms with E-state index in [2.05, 4.69) is 28.7 Å². The van der Waals surface area contributed by atoms with Gasteiger partial charge in [-0.1, -0.05) is 13.8 Å². The Morgan fingerprint density at radius 3 is 2.44 bits per heavy atom. The van der Waals surface area contributed by atoms with E-state index in [1.165, 1.54) is 0 Å². The standard InChI is InChI=1S/C12H20N4.2ClH/c1-9(2)8-16-5-3-10-11(4-6-16)15-12(13)7-14-10;;/h7,9H,3-6,8H2,1-2H3,(H2,13,15);2*1H. The van der Waals surface area contributed by atoms with Gasteiger partial charge < -0.3 is 10.6 Å². The van der Waals surface area contributed by atoms with Crippen molar-refractivity contribution in [2.75, 3.05) is 25.4 Å². The quantitative estimate of drug-likeness (QED) is 0.905. The highest BCUT2D eigenvalue weighted by Crippen LogP contribution is 2.13. The average Bonchev–Trinajstić information content (AvgIpc) is 2.40. The number of halogens is 2. The minimum Gasteiger partial charge on any atom is -0.382 e. The summed E-state index contributed by atoms with van der Waals surface area (Å²) in [6.45, 7) is 7.83. The van der Waals surface area contributed by atoms with E-state index in [-0.39, 0.29) is 24.8 Å². The van der Waals surface area contributed by atoms with Crippen molar-refractivity contribution in [3.63, 3.8) is 0 Å². The van der Waals surface area contributed by atoms with Crippen LogP contribution in [0, 0.1) is 5.92 Å². The van der Waals surface area contributed by atoms with Crippen LogP contribution in [0.5, 0.6) is 0 Å². The lowest BCUT2D eigenvalue weighted by atomic mass is 10.2. The second-order valence-corrected chi connectivity index (χ2v) is 4.88. The molecular weight excluding hydrogens is 271 g/mol. The van der Waals surface area contributed by atoms with E-state index in [0.717, 1.165) is 43.9 Å². The van der Waals surface area contributed by atoms with Crippen LogP contribution in [0.25, 0.3) is 0 Å². The second kappa shape index (κ2) is 7.77. The summed E-state index contributed by atoms with van der Waals surface area (Å²) in [5, 5.41) is 0. The zero-order chi connectivity index (χ0) is 11.5. The second-order valence-electron chi connectivity index (χ2n) is 4.88. The molecule has 1 aromatic rings. The van der Waals surface area contributed by atoms with Crippen LogP contribution in [0.4, 0.5) is 5.82 Å². The molecule has 0 aromatic carbocycles. The zero-order valence-electron chi connectivity index (χ0n) is 10.9. The molecule has 0 saturated carbocycles. The third-order valence-corrected chi connectivity index (χ3v) is 2.90. The highest BCUT2D eigenvalue weighted by Gasteiger charge is 2.16. The van der Waals surface area contributed by atoms with Crippen LogP contribution < -0.4 is 5.73 Å². The van der Waals surface area contributed by atoms with Gasteiger partial charge in [0.25, 0.3) is 0 Å². The Hall–Kier alpha value is -0.580. The van der Waals surface area contributed by atoms with Gasteiger partial charge in [-0.05, 0) is 5.92 Å². The molecule has 0 radical (unpaired) electrons. The molecule has 0 bridgehead atoms. The van der Waals surface area contributed by atoms with Gasteiger partial charge in [0, 0.05) is 32.5 Å². The van der Waals surface area contributed by atoms with Crippen LogP contribution in [-0.2, 0) is 12.8 Å². The molecule has 18 heavy (non-hydrogen) atoms. The summed E-state index contributed by atoms with van der Waals surface area (Å²) in [5.41, 5.74) is 7.88. The van der Waals surface area contributed by atoms with Crippen molar-refractivity contribution >= 4 is 30.6 Å². The maximum absolute atomic E-state index is 5.66. The van der Waals surface area contributed by atoms with E-state index < -0.39 is 0 Å². The molecule has 1 aliphatic heterocycles. The molecular formula is C12H22Cl2N4. The SMILES string of the molecule is CC(C)CN1CCc2ncc(N)nc2CC1.Cl.Cl. The molecule has 1 aromatic heterocycles. The highest BCUT2D eigenvalue weighted by atomic mass is 35.5. The van der Waals surface area contributed by atoms with Gasteiger partial charge in [-0.2, -0.15) is 0 Å². The molecule has 0 aliphatic carbocycles. The normalized spacial score (nSPS) is 15.3. The molecule has 0 fully saturated rings. The molecule has 4 nitrogen and oxygen atoms in total. The number of fused-ring (bicyclic) bond motifs is 1. The van der Waals surface area contributed by atoms with Crippen molar-refractivity contribution in [2.24, 2.45) is 5.92 Å². The third kappa shape index (κ3) is 4.59. The van der Waals surface area contributed by atoms with Crippen LogP contribution in [0.1, 0.15) is 25.2 Å². The van der Waals surface area contributed by atoms with Crippen LogP contribution in [-0.4, -0.2) is 34.5 Å². The molecule has 104 valence electrons. The summed E-state index contributed by atoms with van der Waals surface area (Å²) in [5.74, 6) is 1.25. The maximum Gasteiger partial charge on any atom is 0.142 e. The first-order valence-corrected chi connectivity index (χ1v) is 5.98. The number of rotatable bonds is 2. The zero-order valence-corrected chi connectivity index (χ0v) is 12.6. The first kappa shape index (κ1) is 17.4. The minimum atomic E-state index is 0. The molecule has 2 rings (SSSR count). The van der Waals surface area contributed by atoms with Crippen molar-refractivity contribution in [3.8, 4) is 0 Å². The van der Waals surface area contributed by atoms with Crippen LogP contribution >= 0.6 is 24.8 Å². The summed E-state index contributed by atoms with van der Waals surface area (Å²) in [4.78, 5) is 11.2. The fraction of sp³-hybridized carbons (Fsp3) is 0.667. The average molecular weight is 293 g/mol. The van der Waals surface area contributed by atoms with Gasteiger partial charge in [-0.25, -0.2) is 4.98 Å². The maximum atomic E-state index is 5.66. The number of nitrogens with two attached hydrogens (primary N) is 1. The molecule has 6 heteroatoms. The lowest BCUT2D eigenvalue weighted by Gasteiger charge is -2.21. The van der Waals surface area contributed by atoms with E-state index in [1.54, 1.807) is 6.20 Å². The Bertz CT molecular complexity index is 371. The Morgan fingerprint density at radius 2 is 1.83 bits per heavy atom. The van der Waals surface area contributed by atoms with Gasteiger partial charge in [-0.15, -0.1) is 24.8 Å². The number of hydrogen-bond donors (Lipinski definition) is 1. The minimum absolute atomic E-state index is 0. The molecule has 2 heterocycles. The summed E-state index contributed by atoms with van der Waals surface area (Å²) in [6.07, 6.45) is 3.63. The summed E-state index contributed by atoms with van der Waals surface area (Å²) in [6, 6.07) is 0. The van der Waals surface area contributed by atoms with Gasteiger partial charge in [0.2, 0.25) is 0 Å². The van der Waals surface area contributed by atoms with Crippen molar-refractivity contribution in [1.82, 2.24) is 14.9 Å². The van der Waals surface area contributed by atoms with E-state index >= 15 is 0 Å². The molecule has 0 unspecified atom stereocenters. The molecule has 0 atom stereocenters. The lowest BCUT2D eigenvalue weighted by Crippen LogP contribution is -2.30. The van der Waals surface area contributed by atoms with Gasteiger partial charge in [-0.3, -0.25) is 4.98 Å². The fourth-order valence-electron chi connectivity index (χ4n) is 2.22. The Labute approximate surface area is 121 Å². The predicted molar refractivity (Wildman–Crippen MR) is 79.6 cm³/mol. The van der Waals surface area contributed by atoms with Gasteiger partial charge in [0.1, 0.15) is 5.82 Å². The van der Waals surface area contributed by atoms with E-state index in [1.807, 2.05) is 0 Å². The molecule has 0 saturated heterocycles. The fourth-order valence-corrected chi connectivity index (χ4v) is 2.22. The van der Waals surface area contributed by atoms with Gasteiger partial charge >= 0.3 is 0 Å². The third-order valence-electron chi connectivity index (χ3n) is 2.90. The Balaban J connectivity index is 0.00000144. The predicted octanol–water partition coefficient (Wildman–Crippen LogP) is 1.96. The molecule has 1 aliphatic rings. The smallest absolute Gasteiger partial charge is 0.142 e. The first-order chi connectivity index (χ1) is 7.65. The first-order valence-electron chi connectivity index (χ1n) is 5.98. The van der Waals surface area contributed by atoms with E-state index in [0.29, 0.717) is 11.7 Å². The highest BCUT2D eigenvalue weighted by molar-refractivity contribution is 5.85. The number of anilines is 1. The Kier molecular flexibility index (Phi) is 7.52. The summed E-state index contributed by atoms with van der Waals surface area (Å²) < 4.78 is 0.